The minimum Gasteiger partial charge on any atom is -0.508 e. The van der Waals surface area contributed by atoms with Gasteiger partial charge in [0.25, 0.3) is 0 Å². The van der Waals surface area contributed by atoms with E-state index < -0.39 is 0 Å². The third kappa shape index (κ3) is 0.752. The Bertz CT molecular complexity index is 458. The van der Waals surface area contributed by atoms with Crippen molar-refractivity contribution in [2.24, 2.45) is 5.41 Å². The summed E-state index contributed by atoms with van der Waals surface area (Å²) in [7, 11) is 0. The van der Waals surface area contributed by atoms with E-state index in [4.69, 9.17) is 0 Å². The number of aliphatic hydroxyl groups excluding tert-OH is 1. The summed E-state index contributed by atoms with van der Waals surface area (Å²) in [6.07, 6.45) is 13.3. The van der Waals surface area contributed by atoms with Gasteiger partial charge in [-0.2, -0.15) is 0 Å². The van der Waals surface area contributed by atoms with Gasteiger partial charge in [0.05, 0.1) is 0 Å². The highest BCUT2D eigenvalue weighted by Gasteiger charge is 2.41. The molecule has 0 bridgehead atoms. The van der Waals surface area contributed by atoms with E-state index >= 15 is 0 Å². The van der Waals surface area contributed by atoms with Gasteiger partial charge in [0.2, 0.25) is 0 Å². The minimum absolute atomic E-state index is 0.0426. The second-order valence-electron chi connectivity index (χ2n) is 4.21. The van der Waals surface area contributed by atoms with Crippen LogP contribution in [0.2, 0.25) is 0 Å². The molecule has 3 aliphatic carbocycles. The highest BCUT2D eigenvalue weighted by atomic mass is 16.3. The van der Waals surface area contributed by atoms with E-state index in [1.165, 1.54) is 16.7 Å². The predicted molar refractivity (Wildman–Crippen MR) is 56.8 cm³/mol. The zero-order valence-electron chi connectivity index (χ0n) is 8.12. The van der Waals surface area contributed by atoms with Crippen LogP contribution in [0.1, 0.15) is 13.3 Å². The SMILES string of the molecule is CC12C3=CC=C1CC=C2C=C(O)C=C3. The van der Waals surface area contributed by atoms with E-state index in [1.807, 2.05) is 12.2 Å². The van der Waals surface area contributed by atoms with E-state index in [-0.39, 0.29) is 5.41 Å². The van der Waals surface area contributed by atoms with Crippen LogP contribution in [0.25, 0.3) is 0 Å². The first-order valence-electron chi connectivity index (χ1n) is 4.92. The third-order valence-corrected chi connectivity index (χ3v) is 3.54. The van der Waals surface area contributed by atoms with Crippen molar-refractivity contribution in [1.82, 2.24) is 0 Å². The number of aliphatic hydroxyl groups is 1. The van der Waals surface area contributed by atoms with Crippen LogP contribution < -0.4 is 0 Å². The third-order valence-electron chi connectivity index (χ3n) is 3.54. The Hall–Kier alpha value is -1.50. The number of hydrogen-bond acceptors (Lipinski definition) is 1. The molecule has 1 nitrogen and oxygen atoms in total. The van der Waals surface area contributed by atoms with Gasteiger partial charge >= 0.3 is 0 Å². The number of rotatable bonds is 0. The summed E-state index contributed by atoms with van der Waals surface area (Å²) in [5.41, 5.74) is 4.01. The molecule has 0 aromatic carbocycles. The van der Waals surface area contributed by atoms with Crippen LogP contribution in [0.3, 0.4) is 0 Å². The normalized spacial score (nSPS) is 32.9. The maximum Gasteiger partial charge on any atom is 0.115 e. The van der Waals surface area contributed by atoms with Crippen molar-refractivity contribution in [3.8, 4) is 0 Å². The Balaban J connectivity index is 2.26. The van der Waals surface area contributed by atoms with Crippen LogP contribution in [0.4, 0.5) is 0 Å². The molecule has 0 aliphatic heterocycles. The van der Waals surface area contributed by atoms with Crippen molar-refractivity contribution < 1.29 is 5.11 Å². The van der Waals surface area contributed by atoms with Crippen molar-refractivity contribution in [3.05, 3.63) is 58.9 Å². The molecule has 3 rings (SSSR count). The molecule has 3 aliphatic rings. The Morgan fingerprint density at radius 1 is 1.21 bits per heavy atom. The summed E-state index contributed by atoms with van der Waals surface area (Å²) in [5.74, 6) is 0.356. The summed E-state index contributed by atoms with van der Waals surface area (Å²) in [5, 5.41) is 9.57. The lowest BCUT2D eigenvalue weighted by atomic mass is 9.76. The van der Waals surface area contributed by atoms with Crippen LogP contribution >= 0.6 is 0 Å². The topological polar surface area (TPSA) is 20.2 Å². The maximum absolute atomic E-state index is 9.57. The molecule has 70 valence electrons. The summed E-state index contributed by atoms with van der Waals surface area (Å²) in [4.78, 5) is 0. The summed E-state index contributed by atoms with van der Waals surface area (Å²) in [6.45, 7) is 2.23. The van der Waals surface area contributed by atoms with Gasteiger partial charge in [0.15, 0.2) is 0 Å². The van der Waals surface area contributed by atoms with E-state index in [2.05, 4.69) is 25.2 Å². The first kappa shape index (κ1) is 7.86. The second kappa shape index (κ2) is 2.30. The van der Waals surface area contributed by atoms with E-state index in [0.717, 1.165) is 6.42 Å². The molecule has 0 amide bonds. The Morgan fingerprint density at radius 2 is 2.07 bits per heavy atom. The average molecular weight is 184 g/mol. The molecule has 0 spiro atoms. The van der Waals surface area contributed by atoms with E-state index in [1.54, 1.807) is 6.08 Å². The van der Waals surface area contributed by atoms with E-state index in [9.17, 15) is 5.11 Å². The highest BCUT2D eigenvalue weighted by Crippen LogP contribution is 2.53. The van der Waals surface area contributed by atoms with Gasteiger partial charge < -0.3 is 5.11 Å². The van der Waals surface area contributed by atoms with Gasteiger partial charge in [-0.05, 0) is 36.6 Å². The van der Waals surface area contributed by atoms with Crippen LogP contribution in [-0.2, 0) is 0 Å². The van der Waals surface area contributed by atoms with Crippen molar-refractivity contribution in [2.75, 3.05) is 0 Å². The Labute approximate surface area is 83.4 Å². The smallest absolute Gasteiger partial charge is 0.115 e. The molecule has 14 heavy (non-hydrogen) atoms. The number of allylic oxidation sites excluding steroid dienone is 9. The molecule has 0 aromatic rings. The molecule has 1 heteroatoms. The minimum atomic E-state index is 0.0426. The maximum atomic E-state index is 9.57. The fourth-order valence-corrected chi connectivity index (χ4v) is 2.57. The van der Waals surface area contributed by atoms with Gasteiger partial charge in [-0.25, -0.2) is 0 Å². The molecule has 0 radical (unpaired) electrons. The molecule has 1 N–H and O–H groups in total. The first-order valence-corrected chi connectivity index (χ1v) is 4.92. The fourth-order valence-electron chi connectivity index (χ4n) is 2.57. The van der Waals surface area contributed by atoms with Crippen molar-refractivity contribution in [3.63, 3.8) is 0 Å². The van der Waals surface area contributed by atoms with Crippen molar-refractivity contribution >= 4 is 0 Å². The molecule has 1 unspecified atom stereocenters. The zero-order chi connectivity index (χ0) is 9.76. The molecule has 0 heterocycles. The second-order valence-corrected chi connectivity index (χ2v) is 4.21. The van der Waals surface area contributed by atoms with Crippen LogP contribution in [0, 0.1) is 5.41 Å². The van der Waals surface area contributed by atoms with Crippen LogP contribution in [0.5, 0.6) is 0 Å². The van der Waals surface area contributed by atoms with Gasteiger partial charge in [0.1, 0.15) is 5.76 Å². The monoisotopic (exact) mass is 184 g/mol. The molecule has 0 saturated carbocycles. The standard InChI is InChI=1S/C13H12O/c1-13-9-2-3-10(13)6-7-12(14)8-11(13)5-4-9/h2-3,5-8,14H,4H2,1H3. The first-order chi connectivity index (χ1) is 6.71. The highest BCUT2D eigenvalue weighted by molar-refractivity contribution is 5.61. The largest absolute Gasteiger partial charge is 0.508 e. The van der Waals surface area contributed by atoms with Gasteiger partial charge in [-0.1, -0.05) is 29.9 Å². The van der Waals surface area contributed by atoms with Crippen LogP contribution in [-0.4, -0.2) is 5.11 Å². The van der Waals surface area contributed by atoms with Crippen molar-refractivity contribution in [1.29, 1.82) is 0 Å². The fraction of sp³-hybridized carbons (Fsp3) is 0.231. The molecule has 0 fully saturated rings. The molecular weight excluding hydrogens is 172 g/mol. The molecule has 0 aromatic heterocycles. The Morgan fingerprint density at radius 3 is 2.93 bits per heavy atom. The number of hydrogen-bond donors (Lipinski definition) is 1. The van der Waals surface area contributed by atoms with Crippen molar-refractivity contribution in [2.45, 2.75) is 13.3 Å². The lowest BCUT2D eigenvalue weighted by molar-refractivity contribution is 0.431. The predicted octanol–water partition coefficient (Wildman–Crippen LogP) is 3.20. The van der Waals surface area contributed by atoms with Gasteiger partial charge in [-0.3, -0.25) is 0 Å². The molecule has 0 saturated heterocycles. The quantitative estimate of drug-likeness (QED) is 0.613. The summed E-state index contributed by atoms with van der Waals surface area (Å²) in [6, 6.07) is 0. The van der Waals surface area contributed by atoms with Crippen LogP contribution in [0.15, 0.2) is 58.9 Å². The molecular formula is C13H12O. The van der Waals surface area contributed by atoms with E-state index in [0.29, 0.717) is 5.76 Å². The zero-order valence-corrected chi connectivity index (χ0v) is 8.12. The van der Waals surface area contributed by atoms with Gasteiger partial charge in [-0.15, -0.1) is 0 Å². The lowest BCUT2D eigenvalue weighted by Gasteiger charge is -2.26. The Kier molecular flexibility index (Phi) is 1.29. The lowest BCUT2D eigenvalue weighted by Crippen LogP contribution is -2.16. The summed E-state index contributed by atoms with van der Waals surface area (Å²) >= 11 is 0. The average Bonchev–Trinajstić information content (AvgIpc) is 2.56. The summed E-state index contributed by atoms with van der Waals surface area (Å²) < 4.78 is 0. The molecule has 1 atom stereocenters. The van der Waals surface area contributed by atoms with Gasteiger partial charge in [0, 0.05) is 5.41 Å².